The van der Waals surface area contributed by atoms with E-state index in [2.05, 4.69) is 45.3 Å². The first-order valence-corrected chi connectivity index (χ1v) is 12.1. The second kappa shape index (κ2) is 11.9. The minimum Gasteiger partial charge on any atom is -0.494 e. The van der Waals surface area contributed by atoms with Gasteiger partial charge in [-0.25, -0.2) is 9.97 Å². The number of methoxy groups -OCH3 is 2. The summed E-state index contributed by atoms with van der Waals surface area (Å²) < 4.78 is 51.9. The van der Waals surface area contributed by atoms with Crippen molar-refractivity contribution in [2.45, 2.75) is 13.2 Å². The summed E-state index contributed by atoms with van der Waals surface area (Å²) in [4.78, 5) is 16.3. The smallest absolute Gasteiger partial charge is 0.316 e. The number of anilines is 1. The zero-order valence-electron chi connectivity index (χ0n) is 18.6. The zero-order chi connectivity index (χ0) is 24.6. The van der Waals surface area contributed by atoms with Crippen LogP contribution >= 0.6 is 15.9 Å². The minimum atomic E-state index is -4.00. The third-order valence-electron chi connectivity index (χ3n) is 4.24. The maximum Gasteiger partial charge on any atom is 0.316 e. The van der Waals surface area contributed by atoms with E-state index >= 15 is 0 Å². The number of benzene rings is 1. The van der Waals surface area contributed by atoms with Crippen molar-refractivity contribution in [3.8, 4) is 28.8 Å². The van der Waals surface area contributed by atoms with Gasteiger partial charge in [-0.05, 0) is 24.6 Å². The molecule has 0 aliphatic rings. The molecule has 182 valence electrons. The molecule has 2 aromatic heterocycles. The molecule has 1 aromatic carbocycles. The number of ether oxygens (including phenoxy) is 4. The Morgan fingerprint density at radius 2 is 1.68 bits per heavy atom. The van der Waals surface area contributed by atoms with Crippen molar-refractivity contribution < 1.29 is 27.4 Å². The Kier molecular flexibility index (Phi) is 8.92. The van der Waals surface area contributed by atoms with Gasteiger partial charge in [0.05, 0.1) is 25.1 Å². The Bertz CT molecular complexity index is 1180. The number of nitrogens with one attached hydrogen (secondary N) is 2. The lowest BCUT2D eigenvalue weighted by molar-refractivity contribution is 0.110. The minimum absolute atomic E-state index is 0.0301. The van der Waals surface area contributed by atoms with Crippen LogP contribution in [0.5, 0.6) is 17.6 Å². The fraction of sp³-hybridized carbons (Fsp3) is 0.300. The normalized spacial score (nSPS) is 12.1. The molecule has 0 aliphatic carbocycles. The molecule has 34 heavy (non-hydrogen) atoms. The van der Waals surface area contributed by atoms with Crippen LogP contribution in [-0.4, -0.2) is 62.0 Å². The average Bonchev–Trinajstić information content (AvgIpc) is 2.82. The SMILES string of the molecule is COc1cnc(OCCOc2ncnc(NS(=O)(=O)NC(C)OC)c2-c2ccc(Br)cc2)nc1. The third kappa shape index (κ3) is 7.21. The standard InChI is InChI=1S/C20H23BrN6O6S/c1-13(30-2)26-34(28,29)27-18-17(14-4-6-15(21)7-5-14)19(25-12-24-18)32-8-9-33-20-22-10-16(31-3)11-23-20/h4-7,10-13,26H,8-9H2,1-3H3,(H,24,25,27). The molecule has 12 nitrogen and oxygen atoms in total. The Morgan fingerprint density at radius 1 is 1.00 bits per heavy atom. The van der Waals surface area contributed by atoms with Crippen molar-refractivity contribution >= 4 is 32.0 Å². The van der Waals surface area contributed by atoms with E-state index in [4.69, 9.17) is 18.9 Å². The number of rotatable bonds is 12. The molecule has 0 bridgehead atoms. The zero-order valence-corrected chi connectivity index (χ0v) is 21.0. The van der Waals surface area contributed by atoms with Crippen molar-refractivity contribution in [1.29, 1.82) is 0 Å². The molecule has 3 aromatic rings. The number of nitrogens with zero attached hydrogens (tertiary/aromatic N) is 4. The topological polar surface area (TPSA) is 147 Å². The van der Waals surface area contributed by atoms with Crippen LogP contribution < -0.4 is 23.7 Å². The third-order valence-corrected chi connectivity index (χ3v) is 5.88. The van der Waals surface area contributed by atoms with Gasteiger partial charge in [-0.3, -0.25) is 4.72 Å². The first kappa shape index (κ1) is 25.6. The quantitative estimate of drug-likeness (QED) is 0.252. The van der Waals surface area contributed by atoms with Crippen molar-refractivity contribution in [3.63, 3.8) is 0 Å². The van der Waals surface area contributed by atoms with Crippen LogP contribution in [0.1, 0.15) is 6.92 Å². The van der Waals surface area contributed by atoms with Crippen LogP contribution in [0.4, 0.5) is 5.82 Å². The van der Waals surface area contributed by atoms with Gasteiger partial charge in [0.25, 0.3) is 0 Å². The lowest BCUT2D eigenvalue weighted by Crippen LogP contribution is -2.38. The maximum atomic E-state index is 12.5. The molecule has 0 saturated heterocycles. The number of halogens is 1. The van der Waals surface area contributed by atoms with Gasteiger partial charge in [0.2, 0.25) is 5.88 Å². The van der Waals surface area contributed by atoms with Crippen molar-refractivity contribution in [2.24, 2.45) is 0 Å². The molecule has 2 N–H and O–H groups in total. The maximum absolute atomic E-state index is 12.5. The van der Waals surface area contributed by atoms with E-state index in [-0.39, 0.29) is 30.9 Å². The predicted molar refractivity (Wildman–Crippen MR) is 127 cm³/mol. The van der Waals surface area contributed by atoms with Gasteiger partial charge in [0.15, 0.2) is 11.6 Å². The molecule has 3 rings (SSSR count). The van der Waals surface area contributed by atoms with E-state index in [9.17, 15) is 8.42 Å². The van der Waals surface area contributed by atoms with Gasteiger partial charge < -0.3 is 18.9 Å². The van der Waals surface area contributed by atoms with Gasteiger partial charge in [0.1, 0.15) is 25.8 Å². The summed E-state index contributed by atoms with van der Waals surface area (Å²) in [5.41, 5.74) is 0.988. The molecule has 0 aliphatic heterocycles. The highest BCUT2D eigenvalue weighted by Crippen LogP contribution is 2.35. The van der Waals surface area contributed by atoms with E-state index in [1.807, 2.05) is 0 Å². The summed E-state index contributed by atoms with van der Waals surface area (Å²) in [6, 6.07) is 7.33. The van der Waals surface area contributed by atoms with Crippen LogP contribution in [0.15, 0.2) is 47.5 Å². The van der Waals surface area contributed by atoms with Gasteiger partial charge in [0, 0.05) is 11.6 Å². The lowest BCUT2D eigenvalue weighted by atomic mass is 10.1. The highest BCUT2D eigenvalue weighted by atomic mass is 79.9. The van der Waals surface area contributed by atoms with E-state index in [0.29, 0.717) is 16.9 Å². The van der Waals surface area contributed by atoms with E-state index in [1.165, 1.54) is 32.9 Å². The predicted octanol–water partition coefficient (Wildman–Crippen LogP) is 2.40. The molecule has 0 spiro atoms. The number of hydrogen-bond acceptors (Lipinski definition) is 10. The van der Waals surface area contributed by atoms with E-state index in [0.717, 1.165) is 4.47 Å². The summed E-state index contributed by atoms with van der Waals surface area (Å²) in [5.74, 6) is 0.699. The molecular weight excluding hydrogens is 532 g/mol. The highest BCUT2D eigenvalue weighted by Gasteiger charge is 2.21. The second-order valence-electron chi connectivity index (χ2n) is 6.61. The lowest BCUT2D eigenvalue weighted by Gasteiger charge is -2.17. The summed E-state index contributed by atoms with van der Waals surface area (Å²) in [7, 11) is -1.10. The van der Waals surface area contributed by atoms with Crippen molar-refractivity contribution in [2.75, 3.05) is 32.2 Å². The van der Waals surface area contributed by atoms with Gasteiger partial charge >= 0.3 is 16.2 Å². The van der Waals surface area contributed by atoms with Crippen LogP contribution in [0, 0.1) is 0 Å². The Balaban J connectivity index is 1.80. The summed E-state index contributed by atoms with van der Waals surface area (Å²) in [5, 5.41) is 0. The Hall–Kier alpha value is -3.07. The van der Waals surface area contributed by atoms with Gasteiger partial charge in [-0.1, -0.05) is 28.1 Å². The second-order valence-corrected chi connectivity index (χ2v) is 8.98. The molecule has 1 atom stereocenters. The van der Waals surface area contributed by atoms with Crippen LogP contribution in [0.2, 0.25) is 0 Å². The molecule has 0 amide bonds. The monoisotopic (exact) mass is 554 g/mol. The number of aromatic nitrogens is 4. The number of hydrogen-bond donors (Lipinski definition) is 2. The van der Waals surface area contributed by atoms with Gasteiger partial charge in [-0.15, -0.1) is 0 Å². The van der Waals surface area contributed by atoms with Crippen LogP contribution in [-0.2, 0) is 14.9 Å². The molecule has 0 saturated carbocycles. The fourth-order valence-corrected chi connectivity index (χ4v) is 3.88. The molecule has 0 fully saturated rings. The van der Waals surface area contributed by atoms with Crippen molar-refractivity contribution in [1.82, 2.24) is 24.7 Å². The van der Waals surface area contributed by atoms with Crippen LogP contribution in [0.3, 0.4) is 0 Å². The Labute approximate surface area is 205 Å². The average molecular weight is 555 g/mol. The molecule has 1 unspecified atom stereocenters. The molecule has 0 radical (unpaired) electrons. The summed E-state index contributed by atoms with van der Waals surface area (Å²) in [6.07, 6.45) is 3.41. The highest BCUT2D eigenvalue weighted by molar-refractivity contribution is 9.10. The summed E-state index contributed by atoms with van der Waals surface area (Å²) in [6.45, 7) is 1.75. The molecule has 14 heteroatoms. The summed E-state index contributed by atoms with van der Waals surface area (Å²) >= 11 is 3.39. The first-order valence-electron chi connectivity index (χ1n) is 9.86. The Morgan fingerprint density at radius 3 is 2.32 bits per heavy atom. The molecular formula is C20H23BrN6O6S. The fourth-order valence-electron chi connectivity index (χ4n) is 2.61. The van der Waals surface area contributed by atoms with E-state index in [1.54, 1.807) is 31.2 Å². The molecule has 2 heterocycles. The van der Waals surface area contributed by atoms with Crippen molar-refractivity contribution in [3.05, 3.63) is 47.5 Å². The van der Waals surface area contributed by atoms with E-state index < -0.39 is 16.4 Å². The largest absolute Gasteiger partial charge is 0.494 e. The van der Waals surface area contributed by atoms with Gasteiger partial charge in [-0.2, -0.15) is 23.1 Å². The van der Waals surface area contributed by atoms with Crippen LogP contribution in [0.25, 0.3) is 11.1 Å². The first-order chi connectivity index (χ1) is 16.3.